The molecule has 7 heteroatoms. The van der Waals surface area contributed by atoms with Gasteiger partial charge in [0.05, 0.1) is 16.8 Å². The van der Waals surface area contributed by atoms with E-state index in [0.29, 0.717) is 0 Å². The van der Waals surface area contributed by atoms with Crippen molar-refractivity contribution in [2.75, 3.05) is 18.1 Å². The number of sulfone groups is 1. The van der Waals surface area contributed by atoms with Gasteiger partial charge in [-0.25, -0.2) is 21.6 Å². The predicted molar refractivity (Wildman–Crippen MR) is 58.8 cm³/mol. The molecular weight excluding hydrogens is 238 g/mol. The Kier molecular flexibility index (Phi) is 3.91. The monoisotopic (exact) mass is 253 g/mol. The van der Waals surface area contributed by atoms with Gasteiger partial charge in [0, 0.05) is 6.54 Å². The van der Waals surface area contributed by atoms with Crippen molar-refractivity contribution in [2.45, 2.75) is 18.1 Å². The van der Waals surface area contributed by atoms with Crippen LogP contribution < -0.4 is 4.72 Å². The van der Waals surface area contributed by atoms with Crippen molar-refractivity contribution in [3.05, 3.63) is 12.7 Å². The molecular formula is C8H15NO4S2. The van der Waals surface area contributed by atoms with E-state index in [1.807, 2.05) is 0 Å². The summed E-state index contributed by atoms with van der Waals surface area (Å²) in [6.45, 7) is 3.60. The van der Waals surface area contributed by atoms with Crippen LogP contribution in [0, 0.1) is 0 Å². The van der Waals surface area contributed by atoms with Crippen LogP contribution in [0.1, 0.15) is 12.8 Å². The molecule has 0 spiro atoms. The third kappa shape index (κ3) is 3.58. The van der Waals surface area contributed by atoms with E-state index in [1.165, 1.54) is 6.08 Å². The van der Waals surface area contributed by atoms with E-state index in [-0.39, 0.29) is 30.9 Å². The molecule has 1 aliphatic rings. The molecule has 1 rings (SSSR count). The average molecular weight is 253 g/mol. The molecule has 0 aromatic rings. The van der Waals surface area contributed by atoms with Crippen molar-refractivity contribution in [3.63, 3.8) is 0 Å². The predicted octanol–water partition coefficient (Wildman–Crippen LogP) is -0.331. The zero-order valence-electron chi connectivity index (χ0n) is 8.35. The van der Waals surface area contributed by atoms with Crippen molar-refractivity contribution in [1.82, 2.24) is 4.72 Å². The zero-order chi connectivity index (χ0) is 11.5. The van der Waals surface area contributed by atoms with E-state index in [1.54, 1.807) is 0 Å². The highest BCUT2D eigenvalue weighted by Crippen LogP contribution is 2.18. The number of nitrogens with one attached hydrogen (secondary N) is 1. The van der Waals surface area contributed by atoms with Crippen LogP contribution in [-0.4, -0.2) is 40.1 Å². The molecule has 1 aliphatic heterocycles. The summed E-state index contributed by atoms with van der Waals surface area (Å²) in [7, 11) is -6.39. The largest absolute Gasteiger partial charge is 0.229 e. The summed E-state index contributed by atoms with van der Waals surface area (Å²) in [5, 5.41) is -0.582. The third-order valence-corrected chi connectivity index (χ3v) is 6.00. The fourth-order valence-corrected chi connectivity index (χ4v) is 4.70. The van der Waals surface area contributed by atoms with Gasteiger partial charge < -0.3 is 0 Å². The standard InChI is InChI=1S/C8H15NO4S2/c1-2-5-9-15(12,13)8-3-6-14(10,11)7-4-8/h2,8-9H,1,3-7H2. The van der Waals surface area contributed by atoms with Gasteiger partial charge in [0.15, 0.2) is 0 Å². The lowest BCUT2D eigenvalue weighted by Crippen LogP contribution is -2.39. The highest BCUT2D eigenvalue weighted by atomic mass is 32.2. The Morgan fingerprint density at radius 3 is 2.33 bits per heavy atom. The second-order valence-corrected chi connectivity index (χ2v) is 7.88. The molecule has 5 nitrogen and oxygen atoms in total. The Morgan fingerprint density at radius 2 is 1.87 bits per heavy atom. The highest BCUT2D eigenvalue weighted by Gasteiger charge is 2.32. The Balaban J connectivity index is 2.63. The molecule has 88 valence electrons. The first-order valence-electron chi connectivity index (χ1n) is 4.67. The van der Waals surface area contributed by atoms with Crippen LogP contribution in [0.25, 0.3) is 0 Å². The van der Waals surface area contributed by atoms with Crippen molar-refractivity contribution in [1.29, 1.82) is 0 Å². The molecule has 0 saturated carbocycles. The van der Waals surface area contributed by atoms with E-state index in [2.05, 4.69) is 11.3 Å². The van der Waals surface area contributed by atoms with E-state index >= 15 is 0 Å². The van der Waals surface area contributed by atoms with E-state index < -0.39 is 25.1 Å². The van der Waals surface area contributed by atoms with Crippen molar-refractivity contribution in [2.24, 2.45) is 0 Å². The van der Waals surface area contributed by atoms with E-state index in [4.69, 9.17) is 0 Å². The van der Waals surface area contributed by atoms with Gasteiger partial charge in [-0.3, -0.25) is 0 Å². The van der Waals surface area contributed by atoms with Crippen LogP contribution in [0.2, 0.25) is 0 Å². The minimum atomic E-state index is -3.38. The maximum Gasteiger partial charge on any atom is 0.214 e. The molecule has 0 unspecified atom stereocenters. The highest BCUT2D eigenvalue weighted by molar-refractivity contribution is 7.92. The average Bonchev–Trinajstić information content (AvgIpc) is 2.14. The molecule has 0 atom stereocenters. The number of hydrogen-bond acceptors (Lipinski definition) is 4. The van der Waals surface area contributed by atoms with Gasteiger partial charge in [0.1, 0.15) is 9.84 Å². The summed E-state index contributed by atoms with van der Waals surface area (Å²) < 4.78 is 47.8. The molecule has 0 bridgehead atoms. The van der Waals surface area contributed by atoms with Crippen LogP contribution in [-0.2, 0) is 19.9 Å². The van der Waals surface area contributed by atoms with Crippen molar-refractivity contribution in [3.8, 4) is 0 Å². The Hall–Kier alpha value is -0.400. The minimum absolute atomic E-state index is 0.0351. The number of sulfonamides is 1. The van der Waals surface area contributed by atoms with E-state index in [0.717, 1.165) is 0 Å². The molecule has 0 amide bonds. The van der Waals surface area contributed by atoms with Gasteiger partial charge in [-0.15, -0.1) is 6.58 Å². The third-order valence-electron chi connectivity index (χ3n) is 2.37. The normalized spacial score (nSPS) is 22.4. The van der Waals surface area contributed by atoms with Gasteiger partial charge in [0.2, 0.25) is 10.0 Å². The maximum atomic E-state index is 11.6. The Morgan fingerprint density at radius 1 is 1.33 bits per heavy atom. The van der Waals surface area contributed by atoms with Crippen molar-refractivity contribution < 1.29 is 16.8 Å². The van der Waals surface area contributed by atoms with Gasteiger partial charge >= 0.3 is 0 Å². The zero-order valence-corrected chi connectivity index (χ0v) is 9.98. The Labute approximate surface area is 90.5 Å². The lowest BCUT2D eigenvalue weighted by molar-refractivity contribution is 0.545. The SMILES string of the molecule is C=CCNS(=O)(=O)C1CCS(=O)(=O)CC1. The first-order valence-corrected chi connectivity index (χ1v) is 8.04. The van der Waals surface area contributed by atoms with Crippen LogP contribution in [0.4, 0.5) is 0 Å². The smallest absolute Gasteiger partial charge is 0.214 e. The molecule has 1 fully saturated rings. The quantitative estimate of drug-likeness (QED) is 0.696. The molecule has 0 radical (unpaired) electrons. The summed E-state index contributed by atoms with van der Waals surface area (Å²) in [6, 6.07) is 0. The lowest BCUT2D eigenvalue weighted by atomic mass is 10.2. The fraction of sp³-hybridized carbons (Fsp3) is 0.750. The van der Waals surface area contributed by atoms with Gasteiger partial charge in [0.25, 0.3) is 0 Å². The number of hydrogen-bond donors (Lipinski definition) is 1. The van der Waals surface area contributed by atoms with Gasteiger partial charge in [-0.05, 0) is 12.8 Å². The molecule has 1 N–H and O–H groups in total. The van der Waals surface area contributed by atoms with Gasteiger partial charge in [-0.1, -0.05) is 6.08 Å². The van der Waals surface area contributed by atoms with Crippen LogP contribution >= 0.6 is 0 Å². The van der Waals surface area contributed by atoms with Crippen molar-refractivity contribution >= 4 is 19.9 Å². The van der Waals surface area contributed by atoms with Crippen LogP contribution in [0.3, 0.4) is 0 Å². The Bertz CT molecular complexity index is 410. The lowest BCUT2D eigenvalue weighted by Gasteiger charge is -2.21. The fourth-order valence-electron chi connectivity index (χ4n) is 1.47. The topological polar surface area (TPSA) is 80.3 Å². The molecule has 0 aliphatic carbocycles. The first-order chi connectivity index (χ1) is 6.87. The minimum Gasteiger partial charge on any atom is -0.229 e. The van der Waals surface area contributed by atoms with Crippen LogP contribution in [0.5, 0.6) is 0 Å². The maximum absolute atomic E-state index is 11.6. The molecule has 1 heterocycles. The van der Waals surface area contributed by atoms with Gasteiger partial charge in [-0.2, -0.15) is 0 Å². The summed E-state index contributed by atoms with van der Waals surface area (Å²) in [5.41, 5.74) is 0. The molecule has 15 heavy (non-hydrogen) atoms. The van der Waals surface area contributed by atoms with Crippen LogP contribution in [0.15, 0.2) is 12.7 Å². The summed E-state index contributed by atoms with van der Waals surface area (Å²) in [6.07, 6.45) is 1.83. The second kappa shape index (κ2) is 4.63. The molecule has 0 aromatic heterocycles. The van der Waals surface area contributed by atoms with E-state index in [9.17, 15) is 16.8 Å². The summed E-state index contributed by atoms with van der Waals surface area (Å²) >= 11 is 0. The number of rotatable bonds is 4. The summed E-state index contributed by atoms with van der Waals surface area (Å²) in [4.78, 5) is 0. The molecule has 1 saturated heterocycles. The molecule has 0 aromatic carbocycles. The first kappa shape index (κ1) is 12.7. The second-order valence-electron chi connectivity index (χ2n) is 3.53. The summed E-state index contributed by atoms with van der Waals surface area (Å²) in [5.74, 6) is -0.0701.